The molecule has 3 N–H and O–H groups in total. The number of aromatic nitrogens is 2. The SMILES string of the molecule is CC(NS(=O)(=O)c1ccc(CO)cc1F)c1cn[nH]c1. The van der Waals surface area contributed by atoms with E-state index in [1.165, 1.54) is 12.3 Å². The van der Waals surface area contributed by atoms with Gasteiger partial charge in [0.25, 0.3) is 0 Å². The van der Waals surface area contributed by atoms with Crippen LogP contribution in [0.1, 0.15) is 24.1 Å². The lowest BCUT2D eigenvalue weighted by Gasteiger charge is -2.13. The molecule has 0 amide bonds. The minimum atomic E-state index is -3.99. The van der Waals surface area contributed by atoms with E-state index < -0.39 is 26.8 Å². The van der Waals surface area contributed by atoms with Gasteiger partial charge >= 0.3 is 0 Å². The van der Waals surface area contributed by atoms with Crippen molar-refractivity contribution >= 4 is 10.0 Å². The first-order chi connectivity index (χ1) is 9.44. The fraction of sp³-hybridized carbons (Fsp3) is 0.250. The Morgan fingerprint density at radius 2 is 2.25 bits per heavy atom. The van der Waals surface area contributed by atoms with Gasteiger partial charge in [-0.3, -0.25) is 5.10 Å². The molecule has 1 unspecified atom stereocenters. The molecule has 2 aromatic rings. The van der Waals surface area contributed by atoms with E-state index in [0.717, 1.165) is 12.1 Å². The standard InChI is InChI=1S/C12H14FN3O3S/c1-8(10-5-14-15-6-10)16-20(18,19)12-3-2-9(7-17)4-11(12)13/h2-6,8,16-17H,7H2,1H3,(H,14,15). The van der Waals surface area contributed by atoms with Crippen molar-refractivity contribution in [3.63, 3.8) is 0 Å². The molecule has 2 rings (SSSR count). The number of nitrogens with zero attached hydrogens (tertiary/aromatic N) is 1. The zero-order chi connectivity index (χ0) is 14.8. The summed E-state index contributed by atoms with van der Waals surface area (Å²) in [5.74, 6) is -0.900. The Labute approximate surface area is 115 Å². The fourth-order valence-electron chi connectivity index (χ4n) is 1.72. The van der Waals surface area contributed by atoms with E-state index in [1.54, 1.807) is 13.1 Å². The Morgan fingerprint density at radius 3 is 2.80 bits per heavy atom. The highest BCUT2D eigenvalue weighted by atomic mass is 32.2. The molecule has 8 heteroatoms. The highest BCUT2D eigenvalue weighted by Gasteiger charge is 2.22. The van der Waals surface area contributed by atoms with Gasteiger partial charge in [0.2, 0.25) is 10.0 Å². The van der Waals surface area contributed by atoms with Crippen molar-refractivity contribution in [2.24, 2.45) is 0 Å². The van der Waals surface area contributed by atoms with Crippen LogP contribution in [0.4, 0.5) is 4.39 Å². The molecule has 0 saturated carbocycles. The van der Waals surface area contributed by atoms with Gasteiger partial charge in [-0.1, -0.05) is 6.07 Å². The fourth-order valence-corrected chi connectivity index (χ4v) is 3.01. The Kier molecular flexibility index (Phi) is 4.17. The molecule has 0 spiro atoms. The van der Waals surface area contributed by atoms with Gasteiger partial charge in [0, 0.05) is 17.8 Å². The average Bonchev–Trinajstić information content (AvgIpc) is 2.91. The molecule has 0 saturated heterocycles. The predicted molar refractivity (Wildman–Crippen MR) is 69.6 cm³/mol. The van der Waals surface area contributed by atoms with Crippen LogP contribution in [0, 0.1) is 5.82 Å². The highest BCUT2D eigenvalue weighted by Crippen LogP contribution is 2.19. The molecular formula is C12H14FN3O3S. The third-order valence-corrected chi connectivity index (χ3v) is 4.39. The van der Waals surface area contributed by atoms with Crippen molar-refractivity contribution in [3.05, 3.63) is 47.5 Å². The summed E-state index contributed by atoms with van der Waals surface area (Å²) >= 11 is 0. The second-order valence-corrected chi connectivity index (χ2v) is 5.98. The number of rotatable bonds is 5. The van der Waals surface area contributed by atoms with Crippen molar-refractivity contribution in [1.82, 2.24) is 14.9 Å². The topological polar surface area (TPSA) is 95.1 Å². The third-order valence-electron chi connectivity index (χ3n) is 2.82. The van der Waals surface area contributed by atoms with E-state index in [1.807, 2.05) is 0 Å². The Morgan fingerprint density at radius 1 is 1.50 bits per heavy atom. The summed E-state index contributed by atoms with van der Waals surface area (Å²) in [6.45, 7) is 1.28. The van der Waals surface area contributed by atoms with E-state index in [4.69, 9.17) is 5.11 Å². The summed E-state index contributed by atoms with van der Waals surface area (Å²) in [6, 6.07) is 2.94. The smallest absolute Gasteiger partial charge is 0.244 e. The second-order valence-electron chi connectivity index (χ2n) is 4.30. The maximum absolute atomic E-state index is 13.8. The summed E-state index contributed by atoms with van der Waals surface area (Å²) in [7, 11) is -3.99. The number of aliphatic hydroxyl groups is 1. The number of sulfonamides is 1. The molecule has 0 radical (unpaired) electrons. The molecule has 0 bridgehead atoms. The van der Waals surface area contributed by atoms with Crippen LogP contribution >= 0.6 is 0 Å². The van der Waals surface area contributed by atoms with Crippen molar-refractivity contribution in [1.29, 1.82) is 0 Å². The Bertz CT molecular complexity index is 686. The van der Waals surface area contributed by atoms with Gasteiger partial charge in [-0.05, 0) is 24.6 Å². The number of aliphatic hydroxyl groups excluding tert-OH is 1. The van der Waals surface area contributed by atoms with E-state index in [9.17, 15) is 12.8 Å². The Hall–Kier alpha value is -1.77. The number of H-pyrrole nitrogens is 1. The van der Waals surface area contributed by atoms with Gasteiger partial charge in [-0.2, -0.15) is 5.10 Å². The predicted octanol–water partition coefficient (Wildman–Crippen LogP) is 1.08. The molecule has 1 heterocycles. The van der Waals surface area contributed by atoms with Crippen molar-refractivity contribution < 1.29 is 17.9 Å². The molecular weight excluding hydrogens is 285 g/mol. The molecule has 1 aromatic carbocycles. The lowest BCUT2D eigenvalue weighted by molar-refractivity contribution is 0.281. The number of hydrogen-bond acceptors (Lipinski definition) is 4. The number of halogens is 1. The first kappa shape index (κ1) is 14.6. The maximum atomic E-state index is 13.8. The summed E-state index contributed by atoms with van der Waals surface area (Å²) in [6.07, 6.45) is 3.04. The quantitative estimate of drug-likeness (QED) is 0.770. The summed E-state index contributed by atoms with van der Waals surface area (Å²) in [5, 5.41) is 15.2. The summed E-state index contributed by atoms with van der Waals surface area (Å²) in [4.78, 5) is -0.454. The van der Waals surface area contributed by atoms with Crippen molar-refractivity contribution in [2.75, 3.05) is 0 Å². The zero-order valence-electron chi connectivity index (χ0n) is 10.7. The lowest BCUT2D eigenvalue weighted by Crippen LogP contribution is -2.27. The monoisotopic (exact) mass is 299 g/mol. The van der Waals surface area contributed by atoms with Crippen LogP contribution in [0.25, 0.3) is 0 Å². The molecule has 0 fully saturated rings. The van der Waals surface area contributed by atoms with Crippen LogP contribution < -0.4 is 4.72 Å². The molecule has 1 atom stereocenters. The number of nitrogens with one attached hydrogen (secondary N) is 2. The van der Waals surface area contributed by atoms with Gasteiger partial charge in [-0.25, -0.2) is 17.5 Å². The zero-order valence-corrected chi connectivity index (χ0v) is 11.5. The van der Waals surface area contributed by atoms with Crippen LogP contribution in [0.2, 0.25) is 0 Å². The second kappa shape index (κ2) is 5.70. The van der Waals surface area contributed by atoms with E-state index in [2.05, 4.69) is 14.9 Å². The highest BCUT2D eigenvalue weighted by molar-refractivity contribution is 7.89. The van der Waals surface area contributed by atoms with Gasteiger partial charge in [-0.15, -0.1) is 0 Å². The normalized spacial score (nSPS) is 13.3. The number of benzene rings is 1. The maximum Gasteiger partial charge on any atom is 0.244 e. The van der Waals surface area contributed by atoms with Crippen molar-refractivity contribution in [2.45, 2.75) is 24.5 Å². The largest absolute Gasteiger partial charge is 0.392 e. The molecule has 108 valence electrons. The molecule has 6 nitrogen and oxygen atoms in total. The van der Waals surface area contributed by atoms with Crippen LogP contribution in [-0.4, -0.2) is 23.7 Å². The number of hydrogen-bond donors (Lipinski definition) is 3. The molecule has 0 aliphatic rings. The minimum absolute atomic E-state index is 0.310. The molecule has 20 heavy (non-hydrogen) atoms. The third kappa shape index (κ3) is 3.03. The van der Waals surface area contributed by atoms with Gasteiger partial charge in [0.15, 0.2) is 0 Å². The average molecular weight is 299 g/mol. The van der Waals surface area contributed by atoms with E-state index >= 15 is 0 Å². The Balaban J connectivity index is 2.27. The minimum Gasteiger partial charge on any atom is -0.392 e. The van der Waals surface area contributed by atoms with Crippen molar-refractivity contribution in [3.8, 4) is 0 Å². The summed E-state index contributed by atoms with van der Waals surface area (Å²) < 4.78 is 40.4. The van der Waals surface area contributed by atoms with Gasteiger partial charge in [0.05, 0.1) is 12.8 Å². The summed E-state index contributed by atoms with van der Waals surface area (Å²) in [5.41, 5.74) is 0.949. The van der Waals surface area contributed by atoms with Gasteiger partial charge in [0.1, 0.15) is 10.7 Å². The first-order valence-corrected chi connectivity index (χ1v) is 7.32. The van der Waals surface area contributed by atoms with Crippen LogP contribution in [0.3, 0.4) is 0 Å². The van der Waals surface area contributed by atoms with Crippen LogP contribution in [-0.2, 0) is 16.6 Å². The molecule has 0 aliphatic heterocycles. The lowest BCUT2D eigenvalue weighted by atomic mass is 10.2. The van der Waals surface area contributed by atoms with Crippen LogP contribution in [0.5, 0.6) is 0 Å². The van der Waals surface area contributed by atoms with E-state index in [0.29, 0.717) is 11.1 Å². The first-order valence-electron chi connectivity index (χ1n) is 5.84. The molecule has 1 aromatic heterocycles. The van der Waals surface area contributed by atoms with Crippen LogP contribution in [0.15, 0.2) is 35.5 Å². The number of aromatic amines is 1. The van der Waals surface area contributed by atoms with Gasteiger partial charge < -0.3 is 5.11 Å². The van der Waals surface area contributed by atoms with E-state index in [-0.39, 0.29) is 6.61 Å². The molecule has 0 aliphatic carbocycles.